The Morgan fingerprint density at radius 3 is 2.18 bits per heavy atom. The van der Waals surface area contributed by atoms with Crippen molar-refractivity contribution in [3.8, 4) is 0 Å². The van der Waals surface area contributed by atoms with Crippen molar-refractivity contribution in [2.24, 2.45) is 5.73 Å². The molecule has 9 heteroatoms. The van der Waals surface area contributed by atoms with Crippen LogP contribution in [0.4, 0.5) is 0 Å². The van der Waals surface area contributed by atoms with E-state index in [-0.39, 0.29) is 31.6 Å². The molecule has 0 aliphatic heterocycles. The summed E-state index contributed by atoms with van der Waals surface area (Å²) in [7, 11) is 0. The van der Waals surface area contributed by atoms with Crippen LogP contribution >= 0.6 is 0 Å². The number of amides is 3. The first-order valence-electron chi connectivity index (χ1n) is 17.5. The van der Waals surface area contributed by atoms with E-state index in [4.69, 9.17) is 5.73 Å². The number of aryl methyl sites for hydroxylation is 1. The predicted octanol–water partition coefficient (Wildman–Crippen LogP) is 6.57. The summed E-state index contributed by atoms with van der Waals surface area (Å²) in [6, 6.07) is 24.1. The van der Waals surface area contributed by atoms with Gasteiger partial charge in [0.05, 0.1) is 5.56 Å². The normalized spacial score (nSPS) is 12.4. The molecule has 0 saturated carbocycles. The number of carbonyl (C=O) groups is 4. The number of fused-ring (bicyclic) bond motifs is 1. The standard InChI is InChI=1S/C40H50N4O5/c1-3-5-13-28-20-22-30(23-21-28)25-31(27-36(41)45)44(24-6-4-2)40(49)34(18-12-19-37(46)47)43-39(48)38-32-16-10-11-17-33(32)42-35(38)26-29-14-8-7-9-15-29/h7-11,14-17,20-23,31,34,42H,3-6,12-13,18-19,24-27H2,1-2H3,(H2,41,45)(H,43,48)(H,46,47)/t31-,34-/m0/s1. The molecule has 0 bridgehead atoms. The van der Waals surface area contributed by atoms with Crippen molar-refractivity contribution in [1.82, 2.24) is 15.2 Å². The van der Waals surface area contributed by atoms with E-state index in [0.717, 1.165) is 53.4 Å². The van der Waals surface area contributed by atoms with Crippen LogP contribution in [0.2, 0.25) is 0 Å². The smallest absolute Gasteiger partial charge is 0.303 e. The number of aromatic nitrogens is 1. The average Bonchev–Trinajstić information content (AvgIpc) is 3.45. The maximum Gasteiger partial charge on any atom is 0.303 e. The lowest BCUT2D eigenvalue weighted by Gasteiger charge is -2.35. The molecular weight excluding hydrogens is 616 g/mol. The van der Waals surface area contributed by atoms with E-state index in [0.29, 0.717) is 31.4 Å². The van der Waals surface area contributed by atoms with E-state index >= 15 is 0 Å². The Morgan fingerprint density at radius 1 is 0.837 bits per heavy atom. The summed E-state index contributed by atoms with van der Waals surface area (Å²) in [5.74, 6) is -2.25. The van der Waals surface area contributed by atoms with Gasteiger partial charge in [-0.3, -0.25) is 19.2 Å². The molecule has 0 aliphatic carbocycles. The second kappa shape index (κ2) is 18.6. The minimum absolute atomic E-state index is 0.0352. The highest BCUT2D eigenvalue weighted by Gasteiger charge is 2.33. The number of benzene rings is 3. The molecule has 4 aromatic rings. The Morgan fingerprint density at radius 2 is 1.51 bits per heavy atom. The second-order valence-corrected chi connectivity index (χ2v) is 12.8. The van der Waals surface area contributed by atoms with E-state index in [1.165, 1.54) is 5.56 Å². The fourth-order valence-corrected chi connectivity index (χ4v) is 6.36. The molecule has 0 spiro atoms. The Labute approximate surface area is 289 Å². The van der Waals surface area contributed by atoms with Crippen LogP contribution in [0.3, 0.4) is 0 Å². The quantitative estimate of drug-likeness (QED) is 0.0843. The molecule has 2 atom stereocenters. The molecule has 0 radical (unpaired) electrons. The van der Waals surface area contributed by atoms with E-state index in [9.17, 15) is 24.3 Å². The predicted molar refractivity (Wildman–Crippen MR) is 193 cm³/mol. The number of hydrogen-bond acceptors (Lipinski definition) is 4. The molecule has 0 unspecified atom stereocenters. The summed E-state index contributed by atoms with van der Waals surface area (Å²) in [5.41, 5.74) is 11.0. The maximum atomic E-state index is 14.6. The number of carboxylic acid groups (broad SMARTS) is 1. The van der Waals surface area contributed by atoms with Gasteiger partial charge in [-0.15, -0.1) is 0 Å². The first-order chi connectivity index (χ1) is 23.7. The summed E-state index contributed by atoms with van der Waals surface area (Å²) < 4.78 is 0. The zero-order valence-corrected chi connectivity index (χ0v) is 28.8. The first-order valence-corrected chi connectivity index (χ1v) is 17.5. The topological polar surface area (TPSA) is 146 Å². The van der Waals surface area contributed by atoms with Crippen molar-refractivity contribution in [3.05, 3.63) is 107 Å². The van der Waals surface area contributed by atoms with E-state index in [2.05, 4.69) is 29.4 Å². The summed E-state index contributed by atoms with van der Waals surface area (Å²) in [5, 5.41) is 13.1. The third-order valence-electron chi connectivity index (χ3n) is 8.95. The minimum atomic E-state index is -1.01. The molecule has 3 amide bonds. The molecule has 4 rings (SSSR count). The molecule has 1 aromatic heterocycles. The van der Waals surface area contributed by atoms with Crippen LogP contribution in [-0.4, -0.2) is 57.3 Å². The van der Waals surface area contributed by atoms with Gasteiger partial charge in [0.15, 0.2) is 0 Å². The summed E-state index contributed by atoms with van der Waals surface area (Å²) >= 11 is 0. The zero-order chi connectivity index (χ0) is 35.2. The Bertz CT molecular complexity index is 1680. The van der Waals surface area contributed by atoms with Crippen LogP contribution in [0.15, 0.2) is 78.9 Å². The SMILES string of the molecule is CCCCc1ccc(C[C@@H](CC(N)=O)N(CCCC)C(=O)[C@H](CCCC(=O)O)NC(=O)c2c(Cc3ccccc3)[nH]c3ccccc23)cc1. The largest absolute Gasteiger partial charge is 0.481 e. The van der Waals surface area contributed by atoms with Crippen LogP contribution in [0.5, 0.6) is 0 Å². The second-order valence-electron chi connectivity index (χ2n) is 12.8. The molecule has 0 fully saturated rings. The van der Waals surface area contributed by atoms with Crippen LogP contribution in [0.25, 0.3) is 10.9 Å². The van der Waals surface area contributed by atoms with Gasteiger partial charge in [-0.1, -0.05) is 99.5 Å². The van der Waals surface area contributed by atoms with Crippen LogP contribution in [0, 0.1) is 0 Å². The highest BCUT2D eigenvalue weighted by Crippen LogP contribution is 2.26. The van der Waals surface area contributed by atoms with Crippen molar-refractivity contribution < 1.29 is 24.3 Å². The summed E-state index contributed by atoms with van der Waals surface area (Å²) in [6.45, 7) is 4.56. The highest BCUT2D eigenvalue weighted by molar-refractivity contribution is 6.09. The van der Waals surface area contributed by atoms with Gasteiger partial charge in [-0.05, 0) is 61.3 Å². The van der Waals surface area contributed by atoms with Crippen LogP contribution in [-0.2, 0) is 33.6 Å². The number of hydrogen-bond donors (Lipinski definition) is 4. The molecule has 0 saturated heterocycles. The number of nitrogens with two attached hydrogens (primary N) is 1. The summed E-state index contributed by atoms with van der Waals surface area (Å²) in [6.07, 6.45) is 5.75. The van der Waals surface area contributed by atoms with Crippen LogP contribution in [0.1, 0.15) is 98.0 Å². The molecule has 260 valence electrons. The zero-order valence-electron chi connectivity index (χ0n) is 28.8. The van der Waals surface area contributed by atoms with Crippen molar-refractivity contribution in [1.29, 1.82) is 0 Å². The third kappa shape index (κ3) is 10.8. The van der Waals surface area contributed by atoms with E-state index in [1.807, 2.05) is 73.7 Å². The van der Waals surface area contributed by atoms with Crippen molar-refractivity contribution in [2.75, 3.05) is 6.54 Å². The lowest BCUT2D eigenvalue weighted by molar-refractivity contribution is -0.139. The van der Waals surface area contributed by atoms with Gasteiger partial charge in [0.1, 0.15) is 6.04 Å². The van der Waals surface area contributed by atoms with Gasteiger partial charge < -0.3 is 26.0 Å². The number of para-hydroxylation sites is 1. The lowest BCUT2D eigenvalue weighted by atomic mass is 9.97. The Hall–Kier alpha value is -4.92. The Balaban J connectivity index is 1.66. The van der Waals surface area contributed by atoms with E-state index in [1.54, 1.807) is 4.90 Å². The van der Waals surface area contributed by atoms with Gasteiger partial charge in [-0.25, -0.2) is 0 Å². The molecule has 49 heavy (non-hydrogen) atoms. The molecule has 3 aromatic carbocycles. The number of aliphatic carboxylic acids is 1. The first kappa shape index (κ1) is 36.9. The average molecular weight is 667 g/mol. The van der Waals surface area contributed by atoms with Crippen molar-refractivity contribution in [3.63, 3.8) is 0 Å². The number of nitrogens with zero attached hydrogens (tertiary/aromatic N) is 1. The number of aromatic amines is 1. The van der Waals surface area contributed by atoms with Gasteiger partial charge in [-0.2, -0.15) is 0 Å². The van der Waals surface area contributed by atoms with Gasteiger partial charge in [0.2, 0.25) is 11.8 Å². The number of H-pyrrole nitrogens is 1. The fraction of sp³-hybridized carbons (Fsp3) is 0.400. The van der Waals surface area contributed by atoms with Crippen molar-refractivity contribution in [2.45, 2.75) is 96.6 Å². The molecular formula is C40H50N4O5. The number of nitrogens with one attached hydrogen (secondary N) is 2. The molecule has 9 nitrogen and oxygen atoms in total. The van der Waals surface area contributed by atoms with E-state index < -0.39 is 29.9 Å². The van der Waals surface area contributed by atoms with Gasteiger partial charge in [0.25, 0.3) is 5.91 Å². The minimum Gasteiger partial charge on any atom is -0.481 e. The number of primary amides is 1. The maximum absolute atomic E-state index is 14.6. The monoisotopic (exact) mass is 666 g/mol. The Kier molecular flexibility index (Phi) is 14.0. The fourth-order valence-electron chi connectivity index (χ4n) is 6.36. The molecule has 1 heterocycles. The van der Waals surface area contributed by atoms with Gasteiger partial charge in [0, 0.05) is 48.4 Å². The van der Waals surface area contributed by atoms with Gasteiger partial charge >= 0.3 is 5.97 Å². The number of rotatable bonds is 20. The molecule has 0 aliphatic rings. The number of carbonyl (C=O) groups excluding carboxylic acids is 3. The number of unbranched alkanes of at least 4 members (excludes halogenated alkanes) is 2. The third-order valence-corrected chi connectivity index (χ3v) is 8.95. The molecule has 5 N–H and O–H groups in total. The highest BCUT2D eigenvalue weighted by atomic mass is 16.4. The summed E-state index contributed by atoms with van der Waals surface area (Å²) in [4.78, 5) is 57.7. The van der Waals surface area contributed by atoms with Crippen LogP contribution < -0.4 is 11.1 Å². The van der Waals surface area contributed by atoms with Crippen molar-refractivity contribution >= 4 is 34.6 Å². The lowest BCUT2D eigenvalue weighted by Crippen LogP contribution is -2.53. The number of carboxylic acids is 1.